The molecule has 0 unspecified atom stereocenters. The van der Waals surface area contributed by atoms with E-state index in [1.165, 1.54) is 16.3 Å². The van der Waals surface area contributed by atoms with Crippen LogP contribution in [0.25, 0.3) is 0 Å². The number of hydrogen-bond acceptors (Lipinski definition) is 2. The predicted molar refractivity (Wildman–Crippen MR) is 87.2 cm³/mol. The van der Waals surface area contributed by atoms with E-state index < -0.39 is 9.52 Å². The molecule has 106 valence electrons. The molecule has 1 N–H and O–H groups in total. The van der Waals surface area contributed by atoms with E-state index in [0.717, 1.165) is 23.1 Å². The topological polar surface area (TPSA) is 29.5 Å². The van der Waals surface area contributed by atoms with Gasteiger partial charge in [0.2, 0.25) is 0 Å². The van der Waals surface area contributed by atoms with Crippen LogP contribution < -0.4 is 9.92 Å². The lowest BCUT2D eigenvalue weighted by molar-refractivity contribution is 0.380. The minimum atomic E-state index is -0.428. The summed E-state index contributed by atoms with van der Waals surface area (Å²) in [6, 6.07) is 10.1. The van der Waals surface area contributed by atoms with Crippen LogP contribution in [0.1, 0.15) is 22.3 Å². The lowest BCUT2D eigenvalue weighted by atomic mass is 10.1. The highest BCUT2D eigenvalue weighted by Gasteiger charge is 2.07. The van der Waals surface area contributed by atoms with Gasteiger partial charge in [-0.3, -0.25) is 0 Å². The highest BCUT2D eigenvalue weighted by Crippen LogP contribution is 2.27. The molecule has 0 heterocycles. The monoisotopic (exact) mass is 286 g/mol. The van der Waals surface area contributed by atoms with Gasteiger partial charge in [-0.15, -0.1) is 0 Å². The molecular formula is C17H22O2Si. The van der Waals surface area contributed by atoms with Gasteiger partial charge >= 0.3 is 0 Å². The molecule has 2 rings (SSSR count). The number of hydrogen-bond donors (Lipinski definition) is 1. The molecule has 0 radical (unpaired) electrons. The molecule has 0 saturated heterocycles. The normalized spacial score (nSPS) is 11.2. The molecule has 20 heavy (non-hydrogen) atoms. The Hall–Kier alpha value is -1.74. The van der Waals surface area contributed by atoms with Gasteiger partial charge in [0.1, 0.15) is 11.5 Å². The maximum absolute atomic E-state index is 9.65. The summed E-state index contributed by atoms with van der Waals surface area (Å²) in [6.45, 7) is 8.25. The number of ether oxygens (including phenoxy) is 1. The Morgan fingerprint density at radius 2 is 1.70 bits per heavy atom. The molecular weight excluding hydrogens is 264 g/mol. The first-order valence-corrected chi connectivity index (χ1v) is 8.68. The summed E-state index contributed by atoms with van der Waals surface area (Å²) in [5.74, 6) is 1.22. The van der Waals surface area contributed by atoms with Crippen LogP contribution >= 0.6 is 0 Å². The Morgan fingerprint density at radius 1 is 0.950 bits per heavy atom. The van der Waals surface area contributed by atoms with Gasteiger partial charge in [0, 0.05) is 0 Å². The molecule has 0 saturated carbocycles. The van der Waals surface area contributed by atoms with Crippen molar-refractivity contribution in [2.24, 2.45) is 0 Å². The van der Waals surface area contributed by atoms with Crippen LogP contribution in [-0.2, 0) is 0 Å². The van der Waals surface area contributed by atoms with Crippen LogP contribution in [0.5, 0.6) is 11.5 Å². The Bertz CT molecular complexity index is 621. The largest absolute Gasteiger partial charge is 0.508 e. The van der Waals surface area contributed by atoms with Crippen molar-refractivity contribution in [3.8, 4) is 11.5 Å². The number of rotatable bonds is 4. The van der Waals surface area contributed by atoms with E-state index in [-0.39, 0.29) is 0 Å². The maximum atomic E-state index is 9.65. The van der Waals surface area contributed by atoms with E-state index in [0.29, 0.717) is 5.75 Å². The molecule has 0 aromatic heterocycles. The van der Waals surface area contributed by atoms with E-state index in [9.17, 15) is 5.11 Å². The fraction of sp³-hybridized carbons (Fsp3) is 0.294. The number of benzene rings is 2. The van der Waals surface area contributed by atoms with Gasteiger partial charge in [-0.1, -0.05) is 23.4 Å². The van der Waals surface area contributed by atoms with Crippen LogP contribution in [0.4, 0.5) is 0 Å². The first kappa shape index (κ1) is 14.7. The fourth-order valence-corrected chi connectivity index (χ4v) is 3.79. The molecule has 0 spiro atoms. The van der Waals surface area contributed by atoms with Crippen LogP contribution in [0.3, 0.4) is 0 Å². The molecule has 0 fully saturated rings. The summed E-state index contributed by atoms with van der Waals surface area (Å²) < 4.78 is 5.92. The van der Waals surface area contributed by atoms with Gasteiger partial charge in [0.05, 0.1) is 15.7 Å². The highest BCUT2D eigenvalue weighted by molar-refractivity contribution is 6.54. The maximum Gasteiger partial charge on any atom is 0.122 e. The van der Waals surface area contributed by atoms with Gasteiger partial charge in [-0.2, -0.15) is 0 Å². The summed E-state index contributed by atoms with van der Waals surface area (Å²) in [5.41, 5.74) is 4.68. The van der Waals surface area contributed by atoms with Crippen molar-refractivity contribution >= 4 is 14.7 Å². The van der Waals surface area contributed by atoms with Crippen molar-refractivity contribution in [3.05, 3.63) is 52.6 Å². The Balaban J connectivity index is 2.03. The Morgan fingerprint density at radius 3 is 2.45 bits per heavy atom. The van der Waals surface area contributed by atoms with E-state index in [1.807, 2.05) is 19.9 Å². The average molecular weight is 286 g/mol. The lowest BCUT2D eigenvalue weighted by Crippen LogP contribution is -2.24. The van der Waals surface area contributed by atoms with Gasteiger partial charge in [0.25, 0.3) is 0 Å². The summed E-state index contributed by atoms with van der Waals surface area (Å²) in [4.78, 5) is 0. The summed E-state index contributed by atoms with van der Waals surface area (Å²) in [7, 11) is -0.428. The third-order valence-electron chi connectivity index (χ3n) is 4.05. The number of phenols is 1. The first-order valence-electron chi connectivity index (χ1n) is 6.97. The van der Waals surface area contributed by atoms with Gasteiger partial charge in [0.15, 0.2) is 0 Å². The van der Waals surface area contributed by atoms with Gasteiger partial charge < -0.3 is 9.84 Å². The van der Waals surface area contributed by atoms with Crippen molar-refractivity contribution in [2.75, 3.05) is 6.23 Å². The molecule has 0 aliphatic rings. The molecule has 2 nitrogen and oxygen atoms in total. The number of phenolic OH excluding ortho intramolecular Hbond substituents is 1. The molecule has 3 heteroatoms. The zero-order valence-corrected chi connectivity index (χ0v) is 14.1. The molecule has 0 bridgehead atoms. The predicted octanol–water partition coefficient (Wildman–Crippen LogP) is 2.46. The van der Waals surface area contributed by atoms with Crippen molar-refractivity contribution in [1.29, 1.82) is 0 Å². The van der Waals surface area contributed by atoms with E-state index in [2.05, 4.69) is 32.0 Å². The standard InChI is InChI=1S/C17H22O2Si/c1-11-6-5-7-17(12(11)2)20-10-19-16-9-8-15(18)13(3)14(16)4/h5-9,18H,10,20H2,1-4H3. The molecule has 2 aromatic carbocycles. The Labute approximate surface area is 123 Å². The lowest BCUT2D eigenvalue weighted by Gasteiger charge is -2.13. The van der Waals surface area contributed by atoms with Crippen LogP contribution in [0, 0.1) is 27.7 Å². The second-order valence-electron chi connectivity index (χ2n) is 5.29. The van der Waals surface area contributed by atoms with Crippen LogP contribution in [0.2, 0.25) is 0 Å². The molecule has 0 amide bonds. The van der Waals surface area contributed by atoms with Crippen LogP contribution in [0.15, 0.2) is 30.3 Å². The van der Waals surface area contributed by atoms with Gasteiger partial charge in [-0.25, -0.2) is 0 Å². The average Bonchev–Trinajstić information content (AvgIpc) is 2.43. The van der Waals surface area contributed by atoms with Crippen molar-refractivity contribution in [2.45, 2.75) is 27.7 Å². The van der Waals surface area contributed by atoms with E-state index >= 15 is 0 Å². The van der Waals surface area contributed by atoms with Crippen LogP contribution in [-0.4, -0.2) is 20.9 Å². The highest BCUT2D eigenvalue weighted by atomic mass is 28.2. The second kappa shape index (κ2) is 6.14. The second-order valence-corrected chi connectivity index (χ2v) is 6.96. The number of aryl methyl sites for hydroxylation is 1. The summed E-state index contributed by atoms with van der Waals surface area (Å²) in [6.07, 6.45) is 0.787. The SMILES string of the molecule is Cc1cccc([SiH2]COc2ccc(O)c(C)c2C)c1C. The van der Waals surface area contributed by atoms with Crippen molar-refractivity contribution in [1.82, 2.24) is 0 Å². The van der Waals surface area contributed by atoms with Crippen molar-refractivity contribution in [3.63, 3.8) is 0 Å². The summed E-state index contributed by atoms with van der Waals surface area (Å²) >= 11 is 0. The molecule has 0 atom stereocenters. The van der Waals surface area contributed by atoms with Gasteiger partial charge in [-0.05, 0) is 62.1 Å². The zero-order valence-electron chi connectivity index (χ0n) is 12.7. The van der Waals surface area contributed by atoms with E-state index in [1.54, 1.807) is 6.07 Å². The molecule has 2 aromatic rings. The molecule has 0 aliphatic carbocycles. The van der Waals surface area contributed by atoms with Crippen molar-refractivity contribution < 1.29 is 9.84 Å². The zero-order chi connectivity index (χ0) is 14.7. The smallest absolute Gasteiger partial charge is 0.122 e. The third-order valence-corrected chi connectivity index (χ3v) is 5.77. The minimum Gasteiger partial charge on any atom is -0.508 e. The quantitative estimate of drug-likeness (QED) is 0.875. The Kier molecular flexibility index (Phi) is 4.50. The number of aromatic hydroxyl groups is 1. The van der Waals surface area contributed by atoms with E-state index in [4.69, 9.17) is 4.74 Å². The third kappa shape index (κ3) is 3.04. The summed E-state index contributed by atoms with van der Waals surface area (Å²) in [5, 5.41) is 11.1. The fourth-order valence-electron chi connectivity index (χ4n) is 2.29. The minimum absolute atomic E-state index is 0.335. The molecule has 0 aliphatic heterocycles. The first-order chi connectivity index (χ1) is 9.50.